The number of hydrogen-bond acceptors (Lipinski definition) is 3. The molecule has 0 aromatic carbocycles. The predicted molar refractivity (Wildman–Crippen MR) is 56.1 cm³/mol. The van der Waals surface area contributed by atoms with Crippen LogP contribution in [0.3, 0.4) is 0 Å². The molecule has 1 fully saturated rings. The molecule has 1 N–H and O–H groups in total. The molecule has 0 saturated heterocycles. The molecule has 1 rings (SSSR count). The summed E-state index contributed by atoms with van der Waals surface area (Å²) in [6.07, 6.45) is 4.22. The van der Waals surface area contributed by atoms with Crippen molar-refractivity contribution in [1.82, 2.24) is 5.32 Å². The first-order valence-corrected chi connectivity index (χ1v) is 5.41. The van der Waals surface area contributed by atoms with Gasteiger partial charge in [0.2, 0.25) is 0 Å². The monoisotopic (exact) mass is 199 g/mol. The third-order valence-electron chi connectivity index (χ3n) is 2.80. The molecule has 14 heavy (non-hydrogen) atoms. The topological polar surface area (TPSA) is 38.3 Å². The van der Waals surface area contributed by atoms with Crippen LogP contribution in [0.2, 0.25) is 0 Å². The number of esters is 1. The number of methoxy groups -OCH3 is 1. The second-order valence-corrected chi connectivity index (χ2v) is 4.49. The van der Waals surface area contributed by atoms with E-state index >= 15 is 0 Å². The van der Waals surface area contributed by atoms with Crippen molar-refractivity contribution in [3.8, 4) is 0 Å². The van der Waals surface area contributed by atoms with Crippen LogP contribution < -0.4 is 5.32 Å². The zero-order valence-corrected chi connectivity index (χ0v) is 9.43. The average Bonchev–Trinajstić information content (AvgIpc) is 2.88. The van der Waals surface area contributed by atoms with Crippen LogP contribution in [0.5, 0.6) is 0 Å². The molecule has 0 bridgehead atoms. The Morgan fingerprint density at radius 1 is 1.57 bits per heavy atom. The SMILES string of the molecule is CCNC(C)(CC(=O)OC)CC1CC1. The van der Waals surface area contributed by atoms with E-state index in [1.165, 1.54) is 20.0 Å². The Bertz CT molecular complexity index is 201. The van der Waals surface area contributed by atoms with Gasteiger partial charge in [0, 0.05) is 5.54 Å². The van der Waals surface area contributed by atoms with Crippen LogP contribution in [0.4, 0.5) is 0 Å². The molecule has 0 aliphatic heterocycles. The molecule has 3 heteroatoms. The number of carbonyl (C=O) groups excluding carboxylic acids is 1. The first kappa shape index (κ1) is 11.5. The minimum Gasteiger partial charge on any atom is -0.469 e. The van der Waals surface area contributed by atoms with Gasteiger partial charge in [0.15, 0.2) is 0 Å². The Labute approximate surface area is 86.2 Å². The summed E-state index contributed by atoms with van der Waals surface area (Å²) in [6, 6.07) is 0. The number of nitrogens with one attached hydrogen (secondary N) is 1. The summed E-state index contributed by atoms with van der Waals surface area (Å²) in [5.41, 5.74) is -0.0665. The summed E-state index contributed by atoms with van der Waals surface area (Å²) >= 11 is 0. The van der Waals surface area contributed by atoms with E-state index in [0.29, 0.717) is 6.42 Å². The minimum atomic E-state index is -0.117. The highest BCUT2D eigenvalue weighted by Crippen LogP contribution is 2.37. The quantitative estimate of drug-likeness (QED) is 0.662. The van der Waals surface area contributed by atoms with E-state index < -0.39 is 0 Å². The van der Waals surface area contributed by atoms with Gasteiger partial charge >= 0.3 is 5.97 Å². The van der Waals surface area contributed by atoms with E-state index in [4.69, 9.17) is 4.74 Å². The van der Waals surface area contributed by atoms with Crippen LogP contribution in [0.1, 0.15) is 39.5 Å². The maximum absolute atomic E-state index is 11.2. The molecule has 0 heterocycles. The highest BCUT2D eigenvalue weighted by molar-refractivity contribution is 5.70. The van der Waals surface area contributed by atoms with Crippen molar-refractivity contribution in [3.05, 3.63) is 0 Å². The van der Waals surface area contributed by atoms with Crippen LogP contribution in [0, 0.1) is 5.92 Å². The van der Waals surface area contributed by atoms with E-state index in [9.17, 15) is 4.79 Å². The Morgan fingerprint density at radius 2 is 2.21 bits per heavy atom. The van der Waals surface area contributed by atoms with Crippen molar-refractivity contribution in [2.45, 2.75) is 45.1 Å². The lowest BCUT2D eigenvalue weighted by atomic mass is 9.91. The van der Waals surface area contributed by atoms with Gasteiger partial charge in [-0.1, -0.05) is 19.8 Å². The third-order valence-corrected chi connectivity index (χ3v) is 2.80. The summed E-state index contributed by atoms with van der Waals surface area (Å²) in [6.45, 7) is 5.09. The molecule has 0 aromatic heterocycles. The van der Waals surface area contributed by atoms with Gasteiger partial charge in [-0.15, -0.1) is 0 Å². The third kappa shape index (κ3) is 3.66. The standard InChI is InChI=1S/C11H21NO2/c1-4-12-11(2,7-9-5-6-9)8-10(13)14-3/h9,12H,4-8H2,1-3H3. The van der Waals surface area contributed by atoms with Crippen molar-refractivity contribution in [2.24, 2.45) is 5.92 Å². The molecular weight excluding hydrogens is 178 g/mol. The zero-order chi connectivity index (χ0) is 10.6. The highest BCUT2D eigenvalue weighted by Gasteiger charge is 2.34. The second kappa shape index (κ2) is 4.78. The molecule has 1 unspecified atom stereocenters. The summed E-state index contributed by atoms with van der Waals surface area (Å²) in [7, 11) is 1.45. The number of ether oxygens (including phenoxy) is 1. The van der Waals surface area contributed by atoms with Crippen molar-refractivity contribution in [2.75, 3.05) is 13.7 Å². The van der Waals surface area contributed by atoms with Crippen molar-refractivity contribution in [3.63, 3.8) is 0 Å². The van der Waals surface area contributed by atoms with Gasteiger partial charge in [-0.25, -0.2) is 0 Å². The Kier molecular flexibility index (Phi) is 3.93. The molecule has 82 valence electrons. The summed E-state index contributed by atoms with van der Waals surface area (Å²) in [5.74, 6) is 0.706. The minimum absolute atomic E-state index is 0.0665. The van der Waals surface area contributed by atoms with Gasteiger partial charge in [0.05, 0.1) is 13.5 Å². The molecule has 1 saturated carbocycles. The lowest BCUT2D eigenvalue weighted by Gasteiger charge is -2.29. The first-order chi connectivity index (χ1) is 6.59. The van der Waals surface area contributed by atoms with Crippen LogP contribution >= 0.6 is 0 Å². The van der Waals surface area contributed by atoms with Gasteiger partial charge in [-0.3, -0.25) is 4.79 Å². The Morgan fingerprint density at radius 3 is 2.64 bits per heavy atom. The largest absolute Gasteiger partial charge is 0.469 e. The van der Waals surface area contributed by atoms with Crippen LogP contribution in [-0.4, -0.2) is 25.2 Å². The van der Waals surface area contributed by atoms with E-state index in [1.54, 1.807) is 0 Å². The van der Waals surface area contributed by atoms with Gasteiger partial charge in [0.25, 0.3) is 0 Å². The summed E-state index contributed by atoms with van der Waals surface area (Å²) in [5, 5.41) is 3.39. The molecule has 0 radical (unpaired) electrons. The molecule has 0 amide bonds. The van der Waals surface area contributed by atoms with Gasteiger partial charge < -0.3 is 10.1 Å². The Balaban J connectivity index is 2.45. The zero-order valence-electron chi connectivity index (χ0n) is 9.43. The van der Waals surface area contributed by atoms with Gasteiger partial charge in [-0.2, -0.15) is 0 Å². The fourth-order valence-corrected chi connectivity index (χ4v) is 1.98. The van der Waals surface area contributed by atoms with E-state index in [2.05, 4.69) is 19.2 Å². The van der Waals surface area contributed by atoms with Gasteiger partial charge in [-0.05, 0) is 25.8 Å². The maximum Gasteiger partial charge on any atom is 0.307 e. The normalized spacial score (nSPS) is 20.2. The van der Waals surface area contributed by atoms with E-state index in [-0.39, 0.29) is 11.5 Å². The lowest BCUT2D eigenvalue weighted by molar-refractivity contribution is -0.142. The molecule has 3 nitrogen and oxygen atoms in total. The second-order valence-electron chi connectivity index (χ2n) is 4.49. The lowest BCUT2D eigenvalue weighted by Crippen LogP contribution is -2.44. The maximum atomic E-state index is 11.2. The fourth-order valence-electron chi connectivity index (χ4n) is 1.98. The predicted octanol–water partition coefficient (Wildman–Crippen LogP) is 1.72. The molecular formula is C11H21NO2. The van der Waals surface area contributed by atoms with Crippen molar-refractivity contribution < 1.29 is 9.53 Å². The van der Waals surface area contributed by atoms with Crippen LogP contribution in [-0.2, 0) is 9.53 Å². The number of rotatable bonds is 6. The number of carbonyl (C=O) groups is 1. The summed E-state index contributed by atoms with van der Waals surface area (Å²) < 4.78 is 4.72. The average molecular weight is 199 g/mol. The molecule has 1 atom stereocenters. The summed E-state index contributed by atoms with van der Waals surface area (Å²) in [4.78, 5) is 11.2. The molecule has 0 spiro atoms. The van der Waals surface area contributed by atoms with Crippen LogP contribution in [0.25, 0.3) is 0 Å². The van der Waals surface area contributed by atoms with Crippen LogP contribution in [0.15, 0.2) is 0 Å². The first-order valence-electron chi connectivity index (χ1n) is 5.41. The highest BCUT2D eigenvalue weighted by atomic mass is 16.5. The fraction of sp³-hybridized carbons (Fsp3) is 0.909. The molecule has 1 aliphatic carbocycles. The van der Waals surface area contributed by atoms with Crippen molar-refractivity contribution in [1.29, 1.82) is 0 Å². The van der Waals surface area contributed by atoms with Gasteiger partial charge in [0.1, 0.15) is 0 Å². The number of hydrogen-bond donors (Lipinski definition) is 1. The smallest absolute Gasteiger partial charge is 0.307 e. The van der Waals surface area contributed by atoms with E-state index in [0.717, 1.165) is 18.9 Å². The Hall–Kier alpha value is -0.570. The molecule has 0 aromatic rings. The molecule has 1 aliphatic rings. The van der Waals surface area contributed by atoms with Crippen molar-refractivity contribution >= 4 is 5.97 Å². The van der Waals surface area contributed by atoms with E-state index in [1.807, 2.05) is 0 Å².